The number of carbonyl (C=O) groups excluding carboxylic acids is 1. The van der Waals surface area contributed by atoms with Crippen molar-refractivity contribution < 1.29 is 9.53 Å². The normalized spacial score (nSPS) is 24.2. The molecule has 0 bridgehead atoms. The van der Waals surface area contributed by atoms with Crippen LogP contribution in [0.1, 0.15) is 20.3 Å². The molecule has 1 heterocycles. The molecule has 1 aliphatic rings. The average Bonchev–Trinajstić information content (AvgIpc) is 2.15. The minimum Gasteiger partial charge on any atom is -0.370 e. The average molecular weight is 246 g/mol. The van der Waals surface area contributed by atoms with Gasteiger partial charge in [-0.3, -0.25) is 4.79 Å². The van der Waals surface area contributed by atoms with Crippen LogP contribution in [0.25, 0.3) is 0 Å². The Labute approximate surface area is 102 Å². The molecule has 0 radical (unpaired) electrons. The third-order valence-corrected chi connectivity index (χ3v) is 4.16. The molecule has 4 nitrogen and oxygen atoms in total. The first-order valence-electron chi connectivity index (χ1n) is 5.67. The molecule has 3 N–H and O–H groups in total. The zero-order valence-corrected chi connectivity index (χ0v) is 10.9. The Balaban J connectivity index is 2.06. The third kappa shape index (κ3) is 5.72. The number of primary amides is 1. The first-order chi connectivity index (χ1) is 7.49. The van der Waals surface area contributed by atoms with Gasteiger partial charge < -0.3 is 15.8 Å². The molecule has 0 aliphatic carbocycles. The third-order valence-electron chi connectivity index (χ3n) is 2.53. The number of hydrogen-bond donors (Lipinski definition) is 2. The van der Waals surface area contributed by atoms with Crippen molar-refractivity contribution >= 4 is 17.7 Å². The second-order valence-corrected chi connectivity index (χ2v) is 6.08. The monoisotopic (exact) mass is 246 g/mol. The summed E-state index contributed by atoms with van der Waals surface area (Å²) in [4.78, 5) is 10.4. The van der Waals surface area contributed by atoms with Crippen LogP contribution in [-0.4, -0.2) is 43.2 Å². The van der Waals surface area contributed by atoms with Crippen LogP contribution in [0.4, 0.5) is 0 Å². The Morgan fingerprint density at radius 3 is 3.00 bits per heavy atom. The number of rotatable bonds is 6. The van der Waals surface area contributed by atoms with Crippen molar-refractivity contribution in [1.29, 1.82) is 0 Å². The van der Waals surface area contributed by atoms with Crippen molar-refractivity contribution in [2.45, 2.75) is 26.3 Å². The van der Waals surface area contributed by atoms with E-state index in [9.17, 15) is 4.79 Å². The number of nitrogens with one attached hydrogen (secondary N) is 1. The van der Waals surface area contributed by atoms with Crippen LogP contribution in [0.2, 0.25) is 0 Å². The second-order valence-electron chi connectivity index (χ2n) is 5.05. The van der Waals surface area contributed by atoms with Gasteiger partial charge in [0.05, 0.1) is 6.61 Å². The Hall–Kier alpha value is -0.260. The van der Waals surface area contributed by atoms with E-state index in [1.807, 2.05) is 11.8 Å². The lowest BCUT2D eigenvalue weighted by atomic mass is 9.88. The van der Waals surface area contributed by atoms with Crippen molar-refractivity contribution in [3.05, 3.63) is 0 Å². The Kier molecular flexibility index (Phi) is 5.58. The quantitative estimate of drug-likeness (QED) is 0.674. The number of nitrogens with two attached hydrogens (primary N) is 1. The van der Waals surface area contributed by atoms with Gasteiger partial charge in [-0.15, -0.1) is 0 Å². The molecular weight excluding hydrogens is 224 g/mol. The number of thioether (sulfide) groups is 1. The molecule has 0 aromatic heterocycles. The molecule has 1 saturated heterocycles. The molecule has 0 spiro atoms. The molecule has 0 saturated carbocycles. The van der Waals surface area contributed by atoms with E-state index in [4.69, 9.17) is 10.5 Å². The summed E-state index contributed by atoms with van der Waals surface area (Å²) < 4.78 is 5.09. The maximum Gasteiger partial charge on any atom is 0.243 e. The fourth-order valence-electron chi connectivity index (χ4n) is 1.90. The summed E-state index contributed by atoms with van der Waals surface area (Å²) in [5, 5.41) is 3.45. The number of ether oxygens (including phenoxy) is 1. The minimum absolute atomic E-state index is 0.0204. The van der Waals surface area contributed by atoms with E-state index in [1.165, 1.54) is 17.9 Å². The first-order valence-corrected chi connectivity index (χ1v) is 6.82. The minimum atomic E-state index is -0.408. The van der Waals surface area contributed by atoms with Crippen molar-refractivity contribution in [3.8, 4) is 0 Å². The molecule has 1 rings (SSSR count). The molecular formula is C11H22N2O2S. The van der Waals surface area contributed by atoms with E-state index in [0.717, 1.165) is 6.54 Å². The van der Waals surface area contributed by atoms with Gasteiger partial charge in [0, 0.05) is 18.3 Å². The van der Waals surface area contributed by atoms with Crippen molar-refractivity contribution in [2.24, 2.45) is 11.1 Å². The molecule has 1 amide bonds. The van der Waals surface area contributed by atoms with Gasteiger partial charge in [-0.25, -0.2) is 0 Å². The molecule has 5 heteroatoms. The predicted molar refractivity (Wildman–Crippen MR) is 67.5 cm³/mol. The zero-order valence-electron chi connectivity index (χ0n) is 10.1. The summed E-state index contributed by atoms with van der Waals surface area (Å²) in [6.45, 7) is 5.96. The highest BCUT2D eigenvalue weighted by Gasteiger charge is 2.27. The van der Waals surface area contributed by atoms with Crippen LogP contribution in [-0.2, 0) is 9.53 Å². The summed E-state index contributed by atoms with van der Waals surface area (Å²) in [7, 11) is 0. The van der Waals surface area contributed by atoms with Crippen LogP contribution in [0.3, 0.4) is 0 Å². The van der Waals surface area contributed by atoms with E-state index in [2.05, 4.69) is 19.2 Å². The topological polar surface area (TPSA) is 64.3 Å². The van der Waals surface area contributed by atoms with E-state index in [1.54, 1.807) is 0 Å². The van der Waals surface area contributed by atoms with Crippen molar-refractivity contribution in [3.63, 3.8) is 0 Å². The smallest absolute Gasteiger partial charge is 0.243 e. The summed E-state index contributed by atoms with van der Waals surface area (Å²) in [6.07, 6.45) is 1.20. The molecule has 1 aliphatic heterocycles. The molecule has 0 aromatic rings. The van der Waals surface area contributed by atoms with Crippen LogP contribution >= 0.6 is 11.8 Å². The first kappa shape index (κ1) is 13.8. The van der Waals surface area contributed by atoms with Crippen LogP contribution in [0.5, 0.6) is 0 Å². The standard InChI is InChI=1S/C11H22N2O2S/c1-11(2)5-9(7-16-8-11)13-3-4-15-6-10(12)14/h9,13H,3-8H2,1-2H3,(H2,12,14). The molecule has 0 aromatic carbocycles. The fraction of sp³-hybridized carbons (Fsp3) is 0.909. The molecule has 1 atom stereocenters. The zero-order chi connectivity index (χ0) is 12.0. The Morgan fingerprint density at radius 1 is 1.62 bits per heavy atom. The van der Waals surface area contributed by atoms with Gasteiger partial charge in [-0.05, 0) is 17.6 Å². The van der Waals surface area contributed by atoms with Gasteiger partial charge in [0.25, 0.3) is 0 Å². The van der Waals surface area contributed by atoms with E-state index < -0.39 is 5.91 Å². The van der Waals surface area contributed by atoms with E-state index >= 15 is 0 Å². The molecule has 16 heavy (non-hydrogen) atoms. The fourth-order valence-corrected chi connectivity index (χ4v) is 3.21. The van der Waals surface area contributed by atoms with Crippen LogP contribution < -0.4 is 11.1 Å². The van der Waals surface area contributed by atoms with E-state index in [0.29, 0.717) is 18.1 Å². The molecule has 1 fully saturated rings. The van der Waals surface area contributed by atoms with Crippen molar-refractivity contribution in [1.82, 2.24) is 5.32 Å². The number of carbonyl (C=O) groups is 1. The van der Waals surface area contributed by atoms with E-state index in [-0.39, 0.29) is 6.61 Å². The Bertz CT molecular complexity index is 234. The van der Waals surface area contributed by atoms with Gasteiger partial charge in [0.15, 0.2) is 0 Å². The van der Waals surface area contributed by atoms with Gasteiger partial charge >= 0.3 is 0 Å². The van der Waals surface area contributed by atoms with Crippen molar-refractivity contribution in [2.75, 3.05) is 31.3 Å². The second kappa shape index (κ2) is 6.47. The highest BCUT2D eigenvalue weighted by atomic mass is 32.2. The SMILES string of the molecule is CC1(C)CSCC(NCCOCC(N)=O)C1. The number of hydrogen-bond acceptors (Lipinski definition) is 4. The van der Waals surface area contributed by atoms with Gasteiger partial charge in [0.1, 0.15) is 6.61 Å². The lowest BCUT2D eigenvalue weighted by molar-refractivity contribution is -0.122. The van der Waals surface area contributed by atoms with Crippen LogP contribution in [0.15, 0.2) is 0 Å². The molecule has 1 unspecified atom stereocenters. The molecule has 94 valence electrons. The number of amides is 1. The summed E-state index contributed by atoms with van der Waals surface area (Å²) in [6, 6.07) is 0.561. The lowest BCUT2D eigenvalue weighted by Crippen LogP contribution is -2.41. The maximum atomic E-state index is 10.4. The van der Waals surface area contributed by atoms with Crippen LogP contribution in [0, 0.1) is 5.41 Å². The highest BCUT2D eigenvalue weighted by Crippen LogP contribution is 2.33. The summed E-state index contributed by atoms with van der Waals surface area (Å²) in [5.41, 5.74) is 5.39. The summed E-state index contributed by atoms with van der Waals surface area (Å²) in [5.74, 6) is 2.00. The highest BCUT2D eigenvalue weighted by molar-refractivity contribution is 7.99. The lowest BCUT2D eigenvalue weighted by Gasteiger charge is -2.35. The largest absolute Gasteiger partial charge is 0.370 e. The van der Waals surface area contributed by atoms with Gasteiger partial charge in [0.2, 0.25) is 5.91 Å². The van der Waals surface area contributed by atoms with Gasteiger partial charge in [-0.1, -0.05) is 13.8 Å². The Morgan fingerprint density at radius 2 is 2.38 bits per heavy atom. The van der Waals surface area contributed by atoms with Gasteiger partial charge in [-0.2, -0.15) is 11.8 Å². The predicted octanol–water partition coefficient (Wildman–Crippen LogP) is 0.610. The summed E-state index contributed by atoms with van der Waals surface area (Å²) >= 11 is 2.00. The maximum absolute atomic E-state index is 10.4.